The topological polar surface area (TPSA) is 41.1 Å². The molecule has 0 aliphatic carbocycles. The van der Waals surface area contributed by atoms with Gasteiger partial charge in [-0.3, -0.25) is 4.79 Å². The molecule has 0 unspecified atom stereocenters. The van der Waals surface area contributed by atoms with E-state index in [0.29, 0.717) is 12.1 Å². The molecule has 0 saturated heterocycles. The molecule has 0 saturated carbocycles. The van der Waals surface area contributed by atoms with Crippen molar-refractivity contribution < 1.29 is 18.0 Å². The number of hydrogen-bond donors (Lipinski definition) is 2. The summed E-state index contributed by atoms with van der Waals surface area (Å²) in [4.78, 5) is 11.5. The summed E-state index contributed by atoms with van der Waals surface area (Å²) in [7, 11) is 0. The summed E-state index contributed by atoms with van der Waals surface area (Å²) >= 11 is 0. The SMILES string of the molecule is C=CCNCC(=O)Nc1cc(C(F)(F)F)ccc1C. The molecule has 0 aliphatic heterocycles. The van der Waals surface area contributed by atoms with E-state index in [1.165, 1.54) is 6.07 Å². The van der Waals surface area contributed by atoms with Crippen molar-refractivity contribution in [2.45, 2.75) is 13.1 Å². The first-order valence-electron chi connectivity index (χ1n) is 5.64. The van der Waals surface area contributed by atoms with Crippen LogP contribution in [0.2, 0.25) is 0 Å². The van der Waals surface area contributed by atoms with Gasteiger partial charge < -0.3 is 10.6 Å². The largest absolute Gasteiger partial charge is 0.416 e. The first-order chi connectivity index (χ1) is 8.84. The second kappa shape index (κ2) is 6.38. The Bertz CT molecular complexity index is 469. The van der Waals surface area contributed by atoms with Crippen molar-refractivity contribution >= 4 is 11.6 Å². The van der Waals surface area contributed by atoms with Gasteiger partial charge in [-0.05, 0) is 24.6 Å². The van der Waals surface area contributed by atoms with Gasteiger partial charge in [-0.15, -0.1) is 6.58 Å². The van der Waals surface area contributed by atoms with Crippen LogP contribution in [0.1, 0.15) is 11.1 Å². The number of anilines is 1. The number of benzene rings is 1. The number of aryl methyl sites for hydroxylation is 1. The van der Waals surface area contributed by atoms with Crippen molar-refractivity contribution in [3.05, 3.63) is 42.0 Å². The lowest BCUT2D eigenvalue weighted by Crippen LogP contribution is -2.28. The van der Waals surface area contributed by atoms with Crippen LogP contribution in [0.4, 0.5) is 18.9 Å². The van der Waals surface area contributed by atoms with Crippen molar-refractivity contribution in [3.63, 3.8) is 0 Å². The van der Waals surface area contributed by atoms with Crippen molar-refractivity contribution in [3.8, 4) is 0 Å². The molecule has 6 heteroatoms. The summed E-state index contributed by atoms with van der Waals surface area (Å²) in [6, 6.07) is 3.25. The quantitative estimate of drug-likeness (QED) is 0.639. The van der Waals surface area contributed by atoms with E-state index in [-0.39, 0.29) is 12.2 Å². The van der Waals surface area contributed by atoms with Gasteiger partial charge in [0.15, 0.2) is 0 Å². The average Bonchev–Trinajstić information content (AvgIpc) is 2.31. The Balaban J connectivity index is 2.77. The van der Waals surface area contributed by atoms with Crippen LogP contribution in [0.3, 0.4) is 0 Å². The van der Waals surface area contributed by atoms with Gasteiger partial charge in [0.1, 0.15) is 0 Å². The lowest BCUT2D eigenvalue weighted by atomic mass is 10.1. The van der Waals surface area contributed by atoms with Crippen LogP contribution in [0.15, 0.2) is 30.9 Å². The third-order valence-electron chi connectivity index (χ3n) is 2.41. The van der Waals surface area contributed by atoms with E-state index in [4.69, 9.17) is 0 Å². The molecule has 0 atom stereocenters. The van der Waals surface area contributed by atoms with Crippen LogP contribution in [0, 0.1) is 6.92 Å². The Morgan fingerprint density at radius 3 is 2.68 bits per heavy atom. The molecule has 0 spiro atoms. The molecule has 1 amide bonds. The molecule has 0 radical (unpaired) electrons. The molecule has 0 fully saturated rings. The van der Waals surface area contributed by atoms with Gasteiger partial charge in [-0.1, -0.05) is 12.1 Å². The van der Waals surface area contributed by atoms with Crippen LogP contribution < -0.4 is 10.6 Å². The molecule has 2 N–H and O–H groups in total. The minimum absolute atomic E-state index is 0.0156. The Morgan fingerprint density at radius 1 is 1.42 bits per heavy atom. The van der Waals surface area contributed by atoms with Crippen molar-refractivity contribution in [2.24, 2.45) is 0 Å². The Hall–Kier alpha value is -1.82. The van der Waals surface area contributed by atoms with E-state index in [1.54, 1.807) is 13.0 Å². The van der Waals surface area contributed by atoms with Gasteiger partial charge in [0, 0.05) is 12.2 Å². The minimum atomic E-state index is -4.42. The van der Waals surface area contributed by atoms with Crippen LogP contribution in [0.5, 0.6) is 0 Å². The zero-order valence-corrected chi connectivity index (χ0v) is 10.5. The molecular formula is C13H15F3N2O. The third-order valence-corrected chi connectivity index (χ3v) is 2.41. The normalized spacial score (nSPS) is 11.2. The van der Waals surface area contributed by atoms with Gasteiger partial charge in [0.25, 0.3) is 0 Å². The van der Waals surface area contributed by atoms with E-state index in [1.807, 2.05) is 0 Å². The third kappa shape index (κ3) is 4.75. The first-order valence-corrected chi connectivity index (χ1v) is 5.64. The summed E-state index contributed by atoms with van der Waals surface area (Å²) < 4.78 is 37.6. The Morgan fingerprint density at radius 2 is 2.11 bits per heavy atom. The highest BCUT2D eigenvalue weighted by Gasteiger charge is 2.30. The summed E-state index contributed by atoms with van der Waals surface area (Å²) in [5.41, 5.74) is -0.0438. The second-order valence-corrected chi connectivity index (χ2v) is 4.00. The monoisotopic (exact) mass is 272 g/mol. The maximum atomic E-state index is 12.5. The predicted molar refractivity (Wildman–Crippen MR) is 67.9 cm³/mol. The van der Waals surface area contributed by atoms with Crippen LogP contribution in [-0.4, -0.2) is 19.0 Å². The highest BCUT2D eigenvalue weighted by Crippen LogP contribution is 2.31. The number of carbonyl (C=O) groups is 1. The van der Waals surface area contributed by atoms with Gasteiger partial charge in [-0.2, -0.15) is 13.2 Å². The van der Waals surface area contributed by atoms with Gasteiger partial charge in [0.2, 0.25) is 5.91 Å². The number of hydrogen-bond acceptors (Lipinski definition) is 2. The summed E-state index contributed by atoms with van der Waals surface area (Å²) in [5, 5.41) is 5.21. The van der Waals surface area contributed by atoms with E-state index in [0.717, 1.165) is 12.1 Å². The minimum Gasteiger partial charge on any atom is -0.325 e. The maximum Gasteiger partial charge on any atom is 0.416 e. The molecule has 0 aliphatic rings. The molecule has 3 nitrogen and oxygen atoms in total. The van der Waals surface area contributed by atoms with Crippen LogP contribution in [-0.2, 0) is 11.0 Å². The molecule has 0 heterocycles. The van der Waals surface area contributed by atoms with E-state index < -0.39 is 17.6 Å². The molecular weight excluding hydrogens is 257 g/mol. The smallest absolute Gasteiger partial charge is 0.325 e. The molecule has 0 bridgehead atoms. The second-order valence-electron chi connectivity index (χ2n) is 4.00. The first kappa shape index (κ1) is 15.2. The van der Waals surface area contributed by atoms with Crippen LogP contribution >= 0.6 is 0 Å². The predicted octanol–water partition coefficient (Wildman–Crippen LogP) is 2.73. The number of amides is 1. The fraction of sp³-hybridized carbons (Fsp3) is 0.308. The highest BCUT2D eigenvalue weighted by atomic mass is 19.4. The summed E-state index contributed by atoms with van der Waals surface area (Å²) in [5.74, 6) is -0.399. The Labute approximate surface area is 109 Å². The Kier molecular flexibility index (Phi) is 5.11. The number of carbonyl (C=O) groups excluding carboxylic acids is 1. The molecule has 1 aromatic rings. The zero-order chi connectivity index (χ0) is 14.5. The molecule has 104 valence electrons. The van der Waals surface area contributed by atoms with Gasteiger partial charge >= 0.3 is 6.18 Å². The fourth-order valence-corrected chi connectivity index (χ4v) is 1.42. The lowest BCUT2D eigenvalue weighted by Gasteiger charge is -2.12. The fourth-order valence-electron chi connectivity index (χ4n) is 1.42. The molecule has 19 heavy (non-hydrogen) atoms. The summed E-state index contributed by atoms with van der Waals surface area (Å²) in [6.45, 7) is 5.58. The van der Waals surface area contributed by atoms with Crippen molar-refractivity contribution in [1.82, 2.24) is 5.32 Å². The van der Waals surface area contributed by atoms with E-state index in [2.05, 4.69) is 17.2 Å². The number of halogens is 3. The van der Waals surface area contributed by atoms with E-state index in [9.17, 15) is 18.0 Å². The van der Waals surface area contributed by atoms with Crippen molar-refractivity contribution in [2.75, 3.05) is 18.4 Å². The lowest BCUT2D eigenvalue weighted by molar-refractivity contribution is -0.137. The number of rotatable bonds is 5. The van der Waals surface area contributed by atoms with Crippen molar-refractivity contribution in [1.29, 1.82) is 0 Å². The number of nitrogens with one attached hydrogen (secondary N) is 2. The zero-order valence-electron chi connectivity index (χ0n) is 10.5. The number of alkyl halides is 3. The van der Waals surface area contributed by atoms with Crippen LogP contribution in [0.25, 0.3) is 0 Å². The highest BCUT2D eigenvalue weighted by molar-refractivity contribution is 5.93. The molecule has 1 rings (SSSR count). The van der Waals surface area contributed by atoms with Gasteiger partial charge in [-0.25, -0.2) is 0 Å². The maximum absolute atomic E-state index is 12.5. The standard InChI is InChI=1S/C13H15F3N2O/c1-3-6-17-8-12(19)18-11-7-10(13(14,15)16)5-4-9(11)2/h3-5,7,17H,1,6,8H2,2H3,(H,18,19). The molecule has 1 aromatic carbocycles. The molecule has 0 aromatic heterocycles. The summed E-state index contributed by atoms with van der Waals surface area (Å²) in [6.07, 6.45) is -2.84. The van der Waals surface area contributed by atoms with E-state index >= 15 is 0 Å². The average molecular weight is 272 g/mol. The van der Waals surface area contributed by atoms with Gasteiger partial charge in [0.05, 0.1) is 12.1 Å².